The Morgan fingerprint density at radius 2 is 1.77 bits per heavy atom. The molecule has 2 atom stereocenters. The summed E-state index contributed by atoms with van der Waals surface area (Å²) in [5.41, 5.74) is 0.942. The number of benzene rings is 3. The minimum atomic E-state index is -1.31. The molecule has 3 aromatic carbocycles. The highest BCUT2D eigenvalue weighted by molar-refractivity contribution is 14.1. The van der Waals surface area contributed by atoms with Crippen molar-refractivity contribution < 1.29 is 27.9 Å². The van der Waals surface area contributed by atoms with Crippen LogP contribution in [0.25, 0.3) is 0 Å². The third-order valence-corrected chi connectivity index (χ3v) is 6.24. The molecule has 0 aliphatic carbocycles. The van der Waals surface area contributed by atoms with Gasteiger partial charge in [0.05, 0.1) is 12.8 Å². The Kier molecular flexibility index (Phi) is 7.29. The zero-order valence-corrected chi connectivity index (χ0v) is 20.6. The van der Waals surface area contributed by atoms with Crippen molar-refractivity contribution in [3.8, 4) is 5.75 Å². The largest absolute Gasteiger partial charge is 0.497 e. The van der Waals surface area contributed by atoms with Crippen LogP contribution in [0, 0.1) is 15.2 Å². The number of anilines is 1. The molecule has 0 spiro atoms. The molecule has 2 unspecified atom stereocenters. The third kappa shape index (κ3) is 5.42. The molecule has 1 aliphatic rings. The minimum Gasteiger partial charge on any atom is -0.497 e. The molecule has 4 rings (SSSR count). The van der Waals surface area contributed by atoms with Crippen LogP contribution in [0.3, 0.4) is 0 Å². The van der Waals surface area contributed by atoms with E-state index < -0.39 is 41.6 Å². The van der Waals surface area contributed by atoms with Crippen molar-refractivity contribution in [1.29, 1.82) is 0 Å². The standard InChI is InChI=1S/C25H20F2IN3O4/c1-35-18-9-4-15(5-10-18)22-24(33)31(25(34)30-22)21(12-14-2-6-16(26)7-3-14)23(32)29-20-11-8-17(28)13-19(20)27/h2-11,13,21-22H,12H2,1H3,(H,29,32)(H,30,34). The summed E-state index contributed by atoms with van der Waals surface area (Å²) >= 11 is 1.94. The average molecular weight is 591 g/mol. The lowest BCUT2D eigenvalue weighted by Crippen LogP contribution is -2.49. The maximum absolute atomic E-state index is 14.4. The highest BCUT2D eigenvalue weighted by Gasteiger charge is 2.45. The molecule has 10 heteroatoms. The smallest absolute Gasteiger partial charge is 0.325 e. The summed E-state index contributed by atoms with van der Waals surface area (Å²) in [6.07, 6.45) is -0.0907. The van der Waals surface area contributed by atoms with Crippen molar-refractivity contribution in [3.05, 3.63) is 93.1 Å². The van der Waals surface area contributed by atoms with Crippen LogP contribution in [0.4, 0.5) is 19.3 Å². The van der Waals surface area contributed by atoms with Crippen LogP contribution in [0.15, 0.2) is 66.7 Å². The van der Waals surface area contributed by atoms with Gasteiger partial charge in [-0.3, -0.25) is 9.59 Å². The van der Waals surface area contributed by atoms with E-state index in [1.807, 2.05) is 22.6 Å². The molecule has 0 saturated carbocycles. The van der Waals surface area contributed by atoms with Crippen molar-refractivity contribution in [2.75, 3.05) is 12.4 Å². The van der Waals surface area contributed by atoms with Gasteiger partial charge in [0.1, 0.15) is 29.5 Å². The van der Waals surface area contributed by atoms with E-state index in [0.29, 0.717) is 20.4 Å². The van der Waals surface area contributed by atoms with Gasteiger partial charge >= 0.3 is 6.03 Å². The second-order valence-corrected chi connectivity index (χ2v) is 9.07. The first kappa shape index (κ1) is 24.6. The van der Waals surface area contributed by atoms with Crippen molar-refractivity contribution in [2.45, 2.75) is 18.5 Å². The lowest BCUT2D eigenvalue weighted by molar-refractivity contribution is -0.134. The van der Waals surface area contributed by atoms with E-state index >= 15 is 0 Å². The van der Waals surface area contributed by atoms with E-state index in [1.54, 1.807) is 30.3 Å². The SMILES string of the molecule is COc1ccc(C2NC(=O)N(C(Cc3ccc(F)cc3)C(=O)Nc3ccc(I)cc3F)C2=O)cc1. The number of nitrogens with one attached hydrogen (secondary N) is 2. The van der Waals surface area contributed by atoms with Crippen molar-refractivity contribution in [3.63, 3.8) is 0 Å². The number of nitrogens with zero attached hydrogens (tertiary/aromatic N) is 1. The van der Waals surface area contributed by atoms with E-state index in [-0.39, 0.29) is 12.1 Å². The van der Waals surface area contributed by atoms with Gasteiger partial charge in [0.2, 0.25) is 5.91 Å². The predicted molar refractivity (Wildman–Crippen MR) is 133 cm³/mol. The van der Waals surface area contributed by atoms with Crippen LogP contribution >= 0.6 is 22.6 Å². The molecule has 2 N–H and O–H groups in total. The van der Waals surface area contributed by atoms with E-state index in [1.165, 1.54) is 43.5 Å². The van der Waals surface area contributed by atoms with Crippen molar-refractivity contribution in [2.24, 2.45) is 0 Å². The first-order valence-corrected chi connectivity index (χ1v) is 11.6. The zero-order chi connectivity index (χ0) is 25.1. The van der Waals surface area contributed by atoms with Gasteiger partial charge in [-0.05, 0) is 76.2 Å². The zero-order valence-electron chi connectivity index (χ0n) is 18.4. The number of methoxy groups -OCH3 is 1. The lowest BCUT2D eigenvalue weighted by Gasteiger charge is -2.25. The molecular weight excluding hydrogens is 571 g/mol. The number of ether oxygens (including phenoxy) is 1. The average Bonchev–Trinajstić information content (AvgIpc) is 3.14. The van der Waals surface area contributed by atoms with E-state index in [4.69, 9.17) is 4.74 Å². The number of urea groups is 1. The summed E-state index contributed by atoms with van der Waals surface area (Å²) in [5.74, 6) is -1.93. The van der Waals surface area contributed by atoms with Crippen LogP contribution in [0.5, 0.6) is 5.75 Å². The molecular formula is C25H20F2IN3O4. The van der Waals surface area contributed by atoms with E-state index in [0.717, 1.165) is 4.90 Å². The molecule has 180 valence electrons. The monoisotopic (exact) mass is 591 g/mol. The molecule has 1 saturated heterocycles. The Labute approximate surface area is 213 Å². The maximum Gasteiger partial charge on any atom is 0.325 e. The van der Waals surface area contributed by atoms with Gasteiger partial charge in [0.15, 0.2) is 0 Å². The molecule has 7 nitrogen and oxygen atoms in total. The lowest BCUT2D eigenvalue weighted by atomic mass is 10.0. The quantitative estimate of drug-likeness (QED) is 0.315. The summed E-state index contributed by atoms with van der Waals surface area (Å²) in [7, 11) is 1.51. The summed E-state index contributed by atoms with van der Waals surface area (Å²) < 4.78 is 33.6. The fourth-order valence-corrected chi connectivity index (χ4v) is 4.22. The third-order valence-electron chi connectivity index (χ3n) is 5.57. The minimum absolute atomic E-state index is 0.0849. The van der Waals surface area contributed by atoms with Gasteiger partial charge in [-0.2, -0.15) is 0 Å². The summed E-state index contributed by atoms with van der Waals surface area (Å²) in [6, 6.07) is 13.1. The van der Waals surface area contributed by atoms with E-state index in [9.17, 15) is 23.2 Å². The Morgan fingerprint density at radius 3 is 2.40 bits per heavy atom. The maximum atomic E-state index is 14.4. The number of carbonyl (C=O) groups excluding carboxylic acids is 3. The fourth-order valence-electron chi connectivity index (χ4n) is 3.76. The van der Waals surface area contributed by atoms with Crippen LogP contribution in [-0.4, -0.2) is 35.9 Å². The van der Waals surface area contributed by atoms with Crippen LogP contribution in [-0.2, 0) is 16.0 Å². The Hall–Kier alpha value is -3.54. The summed E-state index contributed by atoms with van der Waals surface area (Å²) in [5, 5.41) is 5.08. The topological polar surface area (TPSA) is 87.7 Å². The van der Waals surface area contributed by atoms with Gasteiger partial charge in [-0.25, -0.2) is 18.5 Å². The normalized spacial score (nSPS) is 16.1. The number of hydrogen-bond donors (Lipinski definition) is 2. The molecule has 3 aromatic rings. The van der Waals surface area contributed by atoms with Gasteiger partial charge < -0.3 is 15.4 Å². The van der Waals surface area contributed by atoms with Crippen LogP contribution in [0.2, 0.25) is 0 Å². The van der Waals surface area contributed by atoms with Crippen molar-refractivity contribution >= 4 is 46.1 Å². The van der Waals surface area contributed by atoms with Gasteiger partial charge in [-0.1, -0.05) is 24.3 Å². The molecule has 4 amide bonds. The van der Waals surface area contributed by atoms with Gasteiger partial charge in [0.25, 0.3) is 5.91 Å². The molecule has 35 heavy (non-hydrogen) atoms. The van der Waals surface area contributed by atoms with Crippen molar-refractivity contribution in [1.82, 2.24) is 10.2 Å². The molecule has 1 heterocycles. The first-order chi connectivity index (χ1) is 16.8. The van der Waals surface area contributed by atoms with Crippen LogP contribution in [0.1, 0.15) is 17.2 Å². The van der Waals surface area contributed by atoms with Crippen LogP contribution < -0.4 is 15.4 Å². The summed E-state index contributed by atoms with van der Waals surface area (Å²) in [6.45, 7) is 0. The molecule has 1 aliphatic heterocycles. The second kappa shape index (κ2) is 10.4. The predicted octanol–water partition coefficient (Wildman–Crippen LogP) is 4.42. The second-order valence-electron chi connectivity index (χ2n) is 7.82. The number of rotatable bonds is 7. The summed E-state index contributed by atoms with van der Waals surface area (Å²) in [4.78, 5) is 40.3. The Morgan fingerprint density at radius 1 is 1.09 bits per heavy atom. The number of imide groups is 1. The number of halogens is 3. The Bertz CT molecular complexity index is 1270. The fraction of sp³-hybridized carbons (Fsp3) is 0.160. The highest BCUT2D eigenvalue weighted by atomic mass is 127. The molecule has 1 fully saturated rings. The molecule has 0 radical (unpaired) electrons. The first-order valence-electron chi connectivity index (χ1n) is 10.5. The number of hydrogen-bond acceptors (Lipinski definition) is 4. The number of carbonyl (C=O) groups is 3. The van der Waals surface area contributed by atoms with Gasteiger partial charge in [0, 0.05) is 9.99 Å². The molecule has 0 aromatic heterocycles. The number of amides is 4. The van der Waals surface area contributed by atoms with Gasteiger partial charge in [-0.15, -0.1) is 0 Å². The highest BCUT2D eigenvalue weighted by Crippen LogP contribution is 2.27. The Balaban J connectivity index is 1.64. The van der Waals surface area contributed by atoms with E-state index in [2.05, 4.69) is 10.6 Å². The molecule has 0 bridgehead atoms.